The monoisotopic (exact) mass is 841 g/mol. The molecule has 8 aromatic rings. The van der Waals surface area contributed by atoms with Crippen LogP contribution < -0.4 is 0 Å². The number of benzene rings is 5. The number of rotatable bonds is 3. The molecule has 0 spiro atoms. The number of pyridine rings is 2. The second-order valence-corrected chi connectivity index (χ2v) is 14.5. The number of fused-ring (bicyclic) bond motifs is 6. The van der Waals surface area contributed by atoms with Crippen molar-refractivity contribution in [2.24, 2.45) is 0 Å². The molecule has 9 rings (SSSR count). The van der Waals surface area contributed by atoms with Crippen molar-refractivity contribution in [1.29, 1.82) is 0 Å². The number of thiophene rings is 1. The average molecular weight is 841 g/mol. The number of nitrogens with zero attached hydrogens (tertiary/aromatic N) is 2. The summed E-state index contributed by atoms with van der Waals surface area (Å²) < 4.78 is 2.68. The predicted molar refractivity (Wildman–Crippen MR) is 207 cm³/mol. The molecule has 0 N–H and O–H groups in total. The Morgan fingerprint density at radius 2 is 1.40 bits per heavy atom. The Morgan fingerprint density at radius 1 is 0.640 bits per heavy atom. The first-order chi connectivity index (χ1) is 23.8. The molecular weight excluding hydrogens is 805 g/mol. The molecule has 50 heavy (non-hydrogen) atoms. The number of aromatic nitrogens is 2. The van der Waals surface area contributed by atoms with Crippen LogP contribution in [0.1, 0.15) is 41.7 Å². The summed E-state index contributed by atoms with van der Waals surface area (Å²) in [6, 6.07) is 47.5. The van der Waals surface area contributed by atoms with E-state index in [2.05, 4.69) is 143 Å². The maximum atomic E-state index is 4.70. The van der Waals surface area contributed by atoms with Crippen molar-refractivity contribution in [3.8, 4) is 44.8 Å². The van der Waals surface area contributed by atoms with Gasteiger partial charge in [0.25, 0.3) is 0 Å². The van der Waals surface area contributed by atoms with Gasteiger partial charge in [0, 0.05) is 58.1 Å². The molecule has 1 radical (unpaired) electrons. The Kier molecular flexibility index (Phi) is 9.13. The van der Waals surface area contributed by atoms with Crippen LogP contribution in [0.3, 0.4) is 0 Å². The van der Waals surface area contributed by atoms with Crippen LogP contribution in [0.15, 0.2) is 128 Å². The van der Waals surface area contributed by atoms with E-state index < -0.39 is 0 Å². The molecule has 5 aromatic carbocycles. The van der Waals surface area contributed by atoms with Crippen LogP contribution in [0.4, 0.5) is 0 Å². The first-order valence-corrected chi connectivity index (χ1v) is 17.6. The van der Waals surface area contributed by atoms with Gasteiger partial charge in [0.15, 0.2) is 0 Å². The second-order valence-electron chi connectivity index (χ2n) is 13.5. The second kappa shape index (κ2) is 13.5. The normalized spacial score (nSPS) is 12.5. The van der Waals surface area contributed by atoms with E-state index in [1.807, 2.05) is 48.0 Å². The SMILES string of the molecule is CC1(C)c2ccccc2-c2c1cc1sc3ccccc3c1c2-c1ccnc(-c2[c-]cccc2)c1.Cc1c[c-]c(-c2cc(C)c(C)cn2)cc1.[Ir]. The molecule has 3 heterocycles. The van der Waals surface area contributed by atoms with E-state index in [-0.39, 0.29) is 25.5 Å². The van der Waals surface area contributed by atoms with E-state index in [1.54, 1.807) is 0 Å². The van der Waals surface area contributed by atoms with Crippen LogP contribution in [-0.2, 0) is 25.5 Å². The largest absolute Gasteiger partial charge is 0.305 e. The van der Waals surface area contributed by atoms with Crippen LogP contribution in [-0.4, -0.2) is 9.97 Å². The summed E-state index contributed by atoms with van der Waals surface area (Å²) in [5.41, 5.74) is 15.8. The van der Waals surface area contributed by atoms with Gasteiger partial charge in [-0.1, -0.05) is 80.9 Å². The summed E-state index contributed by atoms with van der Waals surface area (Å²) in [5, 5.41) is 2.67. The molecule has 0 fully saturated rings. The van der Waals surface area contributed by atoms with Crippen molar-refractivity contribution in [2.45, 2.75) is 40.0 Å². The van der Waals surface area contributed by atoms with E-state index in [0.717, 1.165) is 22.5 Å². The van der Waals surface area contributed by atoms with E-state index in [0.29, 0.717) is 0 Å². The van der Waals surface area contributed by atoms with Crippen molar-refractivity contribution in [3.05, 3.63) is 168 Å². The van der Waals surface area contributed by atoms with Gasteiger partial charge in [-0.15, -0.1) is 82.6 Å². The van der Waals surface area contributed by atoms with Crippen LogP contribution >= 0.6 is 11.3 Å². The van der Waals surface area contributed by atoms with Gasteiger partial charge in [0.2, 0.25) is 0 Å². The third kappa shape index (κ3) is 5.92. The number of hydrogen-bond acceptors (Lipinski definition) is 3. The maximum Gasteiger partial charge on any atom is 0.0365 e. The molecule has 1 aliphatic carbocycles. The fraction of sp³-hybridized carbons (Fsp3) is 0.130. The van der Waals surface area contributed by atoms with Crippen molar-refractivity contribution in [2.75, 3.05) is 0 Å². The summed E-state index contributed by atoms with van der Waals surface area (Å²) in [5.74, 6) is 0. The molecule has 247 valence electrons. The zero-order valence-electron chi connectivity index (χ0n) is 28.8. The molecule has 0 amide bonds. The first-order valence-electron chi connectivity index (χ1n) is 16.7. The zero-order chi connectivity index (χ0) is 33.7. The zero-order valence-corrected chi connectivity index (χ0v) is 32.0. The number of aryl methyl sites for hydroxylation is 3. The molecule has 2 nitrogen and oxygen atoms in total. The van der Waals surface area contributed by atoms with Crippen LogP contribution in [0, 0.1) is 32.9 Å². The summed E-state index contributed by atoms with van der Waals surface area (Å²) in [4.78, 5) is 9.11. The Labute approximate surface area is 312 Å². The Hall–Kier alpha value is -4.73. The summed E-state index contributed by atoms with van der Waals surface area (Å²) >= 11 is 1.89. The smallest absolute Gasteiger partial charge is 0.0365 e. The number of hydrogen-bond donors (Lipinski definition) is 0. The van der Waals surface area contributed by atoms with Gasteiger partial charge in [0.05, 0.1) is 0 Å². The summed E-state index contributed by atoms with van der Waals surface area (Å²) in [6.45, 7) is 11.0. The Balaban J connectivity index is 0.000000207. The standard InChI is InChI=1S/C32H22NS.C14H14N.Ir/c1-32(2)24-14-8-6-12-22(24)30-25(32)19-28-31(23-13-7-9-15-27(23)34-28)29(30)21-16-17-33-26(18-21)20-10-4-3-5-11-20;1-10-4-6-13(7-5-10)14-8-11(2)12(3)9-15-14;/h3-10,12-19H,1-2H3;4-6,8-9H,1-3H3;/q2*-1;. The molecule has 0 atom stereocenters. The quantitative estimate of drug-likeness (QED) is 0.166. The summed E-state index contributed by atoms with van der Waals surface area (Å²) in [6.07, 6.45) is 3.86. The van der Waals surface area contributed by atoms with Crippen LogP contribution in [0.5, 0.6) is 0 Å². The van der Waals surface area contributed by atoms with Gasteiger partial charge in [0.1, 0.15) is 0 Å². The fourth-order valence-electron chi connectivity index (χ4n) is 7.06. The minimum atomic E-state index is -0.0475. The topological polar surface area (TPSA) is 25.8 Å². The molecule has 0 saturated heterocycles. The predicted octanol–water partition coefficient (Wildman–Crippen LogP) is 12.4. The Morgan fingerprint density at radius 3 is 2.18 bits per heavy atom. The molecule has 0 saturated carbocycles. The van der Waals surface area contributed by atoms with Crippen molar-refractivity contribution >= 4 is 31.5 Å². The van der Waals surface area contributed by atoms with Gasteiger partial charge in [-0.25, -0.2) is 0 Å². The van der Waals surface area contributed by atoms with E-state index in [9.17, 15) is 0 Å². The third-order valence-corrected chi connectivity index (χ3v) is 11.0. The molecule has 0 bridgehead atoms. The third-order valence-electron chi connectivity index (χ3n) is 9.86. The van der Waals surface area contributed by atoms with E-state index >= 15 is 0 Å². The molecule has 3 aromatic heterocycles. The maximum absolute atomic E-state index is 4.70. The average Bonchev–Trinajstić information content (AvgIpc) is 3.61. The van der Waals surface area contributed by atoms with E-state index in [4.69, 9.17) is 4.98 Å². The first kappa shape index (κ1) is 33.8. The van der Waals surface area contributed by atoms with Crippen molar-refractivity contribution in [1.82, 2.24) is 9.97 Å². The van der Waals surface area contributed by atoms with Gasteiger partial charge in [-0.05, 0) is 82.4 Å². The molecular formula is C46H36IrN2S-2. The van der Waals surface area contributed by atoms with Crippen molar-refractivity contribution < 1.29 is 20.1 Å². The van der Waals surface area contributed by atoms with Gasteiger partial charge < -0.3 is 9.97 Å². The molecule has 4 heteroatoms. The van der Waals surface area contributed by atoms with Crippen LogP contribution in [0.2, 0.25) is 0 Å². The summed E-state index contributed by atoms with van der Waals surface area (Å²) in [7, 11) is 0. The Bertz CT molecular complexity index is 2490. The minimum absolute atomic E-state index is 0. The fourth-order valence-corrected chi connectivity index (χ4v) is 8.21. The molecule has 0 unspecified atom stereocenters. The van der Waals surface area contributed by atoms with E-state index in [1.165, 1.54) is 70.2 Å². The van der Waals surface area contributed by atoms with Crippen molar-refractivity contribution in [3.63, 3.8) is 0 Å². The minimum Gasteiger partial charge on any atom is -0.305 e. The molecule has 1 aliphatic rings. The van der Waals surface area contributed by atoms with Crippen LogP contribution in [0.25, 0.3) is 64.9 Å². The van der Waals surface area contributed by atoms with Gasteiger partial charge >= 0.3 is 0 Å². The molecule has 0 aliphatic heterocycles. The van der Waals surface area contributed by atoms with Gasteiger partial charge in [-0.3, -0.25) is 0 Å². The van der Waals surface area contributed by atoms with Gasteiger partial charge in [-0.2, -0.15) is 0 Å².